The first-order valence-corrected chi connectivity index (χ1v) is 8.52. The molecule has 0 spiro atoms. The van der Waals surface area contributed by atoms with Crippen molar-refractivity contribution in [2.24, 2.45) is 0 Å². The highest BCUT2D eigenvalue weighted by atomic mass is 32.2. The van der Waals surface area contributed by atoms with E-state index in [0.717, 1.165) is 12.2 Å². The van der Waals surface area contributed by atoms with Gasteiger partial charge < -0.3 is 4.74 Å². The summed E-state index contributed by atoms with van der Waals surface area (Å²) in [6.45, 7) is 2.13. The summed E-state index contributed by atoms with van der Waals surface area (Å²) in [4.78, 5) is 8.93. The molecule has 1 aliphatic rings. The van der Waals surface area contributed by atoms with Crippen LogP contribution in [0.25, 0.3) is 5.78 Å². The number of hydrogen-bond acceptors (Lipinski definition) is 5. The van der Waals surface area contributed by atoms with Gasteiger partial charge in [0.25, 0.3) is 10.1 Å². The van der Waals surface area contributed by atoms with Gasteiger partial charge in [0, 0.05) is 23.9 Å². The Morgan fingerprint density at radius 2 is 2.05 bits per heavy atom. The topological polar surface area (TPSA) is 93.8 Å². The third kappa shape index (κ3) is 4.40. The van der Waals surface area contributed by atoms with Gasteiger partial charge in [0.2, 0.25) is 11.7 Å². The lowest BCUT2D eigenvalue weighted by molar-refractivity contribution is 0.397. The molecule has 116 valence electrons. The van der Waals surface area contributed by atoms with Crippen LogP contribution < -0.4 is 4.74 Å². The Kier molecular flexibility index (Phi) is 4.48. The maximum atomic E-state index is 9.19. The van der Waals surface area contributed by atoms with Crippen molar-refractivity contribution in [3.63, 3.8) is 0 Å². The third-order valence-corrected chi connectivity index (χ3v) is 3.08. The van der Waals surface area contributed by atoms with Crippen LogP contribution in [0.2, 0.25) is 0 Å². The summed E-state index contributed by atoms with van der Waals surface area (Å²) in [5.41, 5.74) is 2.37. The number of fused-ring (bicyclic) bond motifs is 1. The van der Waals surface area contributed by atoms with Crippen molar-refractivity contribution in [1.82, 2.24) is 14.4 Å². The summed E-state index contributed by atoms with van der Waals surface area (Å²) in [6, 6.07) is 1.98. The zero-order valence-corrected chi connectivity index (χ0v) is 13.1. The van der Waals surface area contributed by atoms with Crippen LogP contribution in [-0.4, -0.2) is 40.7 Å². The van der Waals surface area contributed by atoms with Crippen molar-refractivity contribution in [3.8, 4) is 5.88 Å². The van der Waals surface area contributed by atoms with E-state index in [0.29, 0.717) is 18.1 Å². The maximum Gasteiger partial charge on any atom is 0.261 e. The molecule has 1 saturated carbocycles. The molecule has 0 bridgehead atoms. The molecule has 21 heavy (non-hydrogen) atoms. The van der Waals surface area contributed by atoms with Crippen LogP contribution in [0.3, 0.4) is 0 Å². The van der Waals surface area contributed by atoms with E-state index in [2.05, 4.69) is 27.5 Å². The summed E-state index contributed by atoms with van der Waals surface area (Å²) >= 11 is 0. The van der Waals surface area contributed by atoms with E-state index in [-0.39, 0.29) is 0 Å². The van der Waals surface area contributed by atoms with Gasteiger partial charge in [-0.25, -0.2) is 4.98 Å². The third-order valence-electron chi connectivity index (χ3n) is 3.08. The van der Waals surface area contributed by atoms with Crippen LogP contribution in [0.15, 0.2) is 12.3 Å². The Morgan fingerprint density at radius 3 is 2.52 bits per heavy atom. The molecule has 0 radical (unpaired) electrons. The van der Waals surface area contributed by atoms with Gasteiger partial charge in [-0.2, -0.15) is 13.4 Å². The minimum atomic E-state index is -3.67. The first kappa shape index (κ1) is 15.7. The monoisotopic (exact) mass is 313 g/mol. The van der Waals surface area contributed by atoms with E-state index in [4.69, 9.17) is 9.29 Å². The fraction of sp³-hybridized carbons (Fsp3) is 0.538. The molecule has 3 rings (SSSR count). The normalized spacial score (nSPS) is 14.7. The van der Waals surface area contributed by atoms with E-state index >= 15 is 0 Å². The van der Waals surface area contributed by atoms with Gasteiger partial charge in [0.15, 0.2) is 0 Å². The largest absolute Gasteiger partial charge is 0.481 e. The summed E-state index contributed by atoms with van der Waals surface area (Å²) < 4.78 is 33.1. The molecule has 8 heteroatoms. The van der Waals surface area contributed by atoms with Crippen molar-refractivity contribution in [1.29, 1.82) is 0 Å². The molecule has 0 aromatic carbocycles. The number of hydrogen-bond donors (Lipinski definition) is 1. The van der Waals surface area contributed by atoms with Gasteiger partial charge in [-0.1, -0.05) is 6.92 Å². The first-order valence-electron chi connectivity index (χ1n) is 6.67. The second-order valence-electron chi connectivity index (χ2n) is 4.99. The minimum absolute atomic E-state index is 0.650. The van der Waals surface area contributed by atoms with E-state index < -0.39 is 10.1 Å². The van der Waals surface area contributed by atoms with Crippen LogP contribution in [0.4, 0.5) is 0 Å². The molecule has 1 N–H and O–H groups in total. The van der Waals surface area contributed by atoms with Gasteiger partial charge in [0.1, 0.15) is 0 Å². The average molecular weight is 313 g/mol. The molecule has 1 aliphatic carbocycles. The van der Waals surface area contributed by atoms with Crippen molar-refractivity contribution in [2.75, 3.05) is 13.4 Å². The van der Waals surface area contributed by atoms with Crippen LogP contribution in [0.1, 0.15) is 37.1 Å². The van der Waals surface area contributed by atoms with Gasteiger partial charge >= 0.3 is 0 Å². The van der Waals surface area contributed by atoms with Crippen molar-refractivity contribution < 1.29 is 17.7 Å². The minimum Gasteiger partial charge on any atom is -0.481 e. The van der Waals surface area contributed by atoms with E-state index in [9.17, 15) is 8.42 Å². The second kappa shape index (κ2) is 5.98. The van der Waals surface area contributed by atoms with E-state index in [1.54, 1.807) is 7.11 Å². The standard InChI is InChI=1S/C12H15N3O.CH4O3S/c1-3-9-6-11(16-2)14-12-13-10(7-15(9)12)8-4-5-8;1-5(2,3)4/h6-8H,3-5H2,1-2H3;1H3,(H,2,3,4). The number of imidazole rings is 1. The molecule has 0 aliphatic heterocycles. The van der Waals surface area contributed by atoms with Crippen molar-refractivity contribution >= 4 is 15.9 Å². The number of methoxy groups -OCH3 is 1. The number of rotatable bonds is 3. The molecule has 2 aromatic rings. The number of nitrogens with zero attached hydrogens (tertiary/aromatic N) is 3. The predicted molar refractivity (Wildman–Crippen MR) is 78.4 cm³/mol. The Hall–Kier alpha value is -1.67. The smallest absolute Gasteiger partial charge is 0.261 e. The highest BCUT2D eigenvalue weighted by Gasteiger charge is 2.26. The molecule has 2 heterocycles. The number of aromatic nitrogens is 3. The number of aryl methyl sites for hydroxylation is 1. The van der Waals surface area contributed by atoms with Crippen LogP contribution >= 0.6 is 0 Å². The molecule has 0 atom stereocenters. The molecule has 1 fully saturated rings. The highest BCUT2D eigenvalue weighted by Crippen LogP contribution is 2.39. The second-order valence-corrected chi connectivity index (χ2v) is 6.45. The zero-order valence-electron chi connectivity index (χ0n) is 12.3. The summed E-state index contributed by atoms with van der Waals surface area (Å²) in [6.07, 6.45) is 6.33. The fourth-order valence-electron chi connectivity index (χ4n) is 1.97. The van der Waals surface area contributed by atoms with Crippen molar-refractivity contribution in [3.05, 3.63) is 23.7 Å². The zero-order chi connectivity index (χ0) is 15.6. The maximum absolute atomic E-state index is 9.19. The Morgan fingerprint density at radius 1 is 1.43 bits per heavy atom. The lowest BCUT2D eigenvalue weighted by atomic mass is 10.3. The van der Waals surface area contributed by atoms with Gasteiger partial charge in [-0.15, -0.1) is 0 Å². The Bertz CT molecular complexity index is 727. The molecule has 7 nitrogen and oxygen atoms in total. The van der Waals surface area contributed by atoms with Crippen LogP contribution in [0, 0.1) is 0 Å². The molecular weight excluding hydrogens is 294 g/mol. The quantitative estimate of drug-likeness (QED) is 0.867. The molecule has 0 saturated heterocycles. The first-order chi connectivity index (χ1) is 9.81. The summed E-state index contributed by atoms with van der Waals surface area (Å²) in [5, 5.41) is 0. The van der Waals surface area contributed by atoms with Gasteiger partial charge in [0.05, 0.1) is 19.1 Å². The van der Waals surface area contributed by atoms with Gasteiger partial charge in [-0.05, 0) is 19.3 Å². The summed E-state index contributed by atoms with van der Waals surface area (Å²) in [7, 11) is -2.02. The van der Waals surface area contributed by atoms with Crippen molar-refractivity contribution in [2.45, 2.75) is 32.1 Å². The Balaban J connectivity index is 0.000000282. The van der Waals surface area contributed by atoms with Crippen LogP contribution in [0.5, 0.6) is 5.88 Å². The number of ether oxygens (including phenoxy) is 1. The molecule has 0 unspecified atom stereocenters. The predicted octanol–water partition coefficient (Wildman–Crippen LogP) is 1.68. The highest BCUT2D eigenvalue weighted by molar-refractivity contribution is 7.85. The fourth-order valence-corrected chi connectivity index (χ4v) is 1.97. The lowest BCUT2D eigenvalue weighted by Gasteiger charge is -2.04. The lowest BCUT2D eigenvalue weighted by Crippen LogP contribution is -1.99. The van der Waals surface area contributed by atoms with E-state index in [1.807, 2.05) is 6.07 Å². The Labute approximate surface area is 123 Å². The van der Waals surface area contributed by atoms with E-state index in [1.165, 1.54) is 24.2 Å². The van der Waals surface area contributed by atoms with Gasteiger partial charge in [-0.3, -0.25) is 8.95 Å². The SMILES string of the molecule is CCc1cc(OC)nc2nc(C3CC3)cn12.CS(=O)(=O)O. The molecule has 2 aromatic heterocycles. The molecular formula is C13H19N3O4S. The molecule has 0 amide bonds. The average Bonchev–Trinajstić information content (AvgIpc) is 3.15. The summed E-state index contributed by atoms with van der Waals surface area (Å²) in [5.74, 6) is 2.08. The van der Waals surface area contributed by atoms with Crippen LogP contribution in [-0.2, 0) is 16.5 Å².